The molecule has 0 aliphatic heterocycles. The second-order valence-corrected chi connectivity index (χ2v) is 15.8. The molecule has 3 aromatic heterocycles. The maximum absolute atomic E-state index is 14.1. The number of thioether (sulfide) groups is 1. The maximum atomic E-state index is 14.1. The van der Waals surface area contributed by atoms with Crippen molar-refractivity contribution >= 4 is 51.5 Å². The predicted molar refractivity (Wildman–Crippen MR) is 185 cm³/mol. The van der Waals surface area contributed by atoms with Gasteiger partial charge in [0.15, 0.2) is 4.77 Å². The number of carboxylic acid groups (broad SMARTS) is 1. The van der Waals surface area contributed by atoms with Gasteiger partial charge >= 0.3 is 5.97 Å². The Morgan fingerprint density at radius 2 is 1.98 bits per heavy atom. The molecule has 0 amide bonds. The fourth-order valence-electron chi connectivity index (χ4n) is 7.57. The zero-order valence-electron chi connectivity index (χ0n) is 27.1. The molecule has 12 nitrogen and oxygen atoms in total. The SMILES string of the molecule is CSc1ccccc1C(Cn1c(=S)n(C(C)(C)C(=O)O)c(=O)c2c(C)c(-c3ncco3)sc21)OC1C[C@@]2(N)CC(O)(CC#N)C[C@@]2(N)C1. The van der Waals surface area contributed by atoms with E-state index in [0.717, 1.165) is 15.0 Å². The number of oxazole rings is 1. The number of aryl methyl sites for hydroxylation is 1. The Hall–Kier alpha value is -3.36. The number of carbonyl (C=O) groups is 1. The molecule has 0 bridgehead atoms. The molecule has 2 fully saturated rings. The molecule has 254 valence electrons. The Labute approximate surface area is 290 Å². The maximum Gasteiger partial charge on any atom is 0.329 e. The van der Waals surface area contributed by atoms with E-state index >= 15 is 0 Å². The van der Waals surface area contributed by atoms with Crippen molar-refractivity contribution in [2.45, 2.75) is 98.7 Å². The minimum atomic E-state index is -1.67. The number of fused-ring (bicyclic) bond motifs is 2. The van der Waals surface area contributed by atoms with Gasteiger partial charge in [-0.25, -0.2) is 9.78 Å². The molecule has 0 radical (unpaired) electrons. The van der Waals surface area contributed by atoms with Crippen LogP contribution < -0.4 is 17.0 Å². The number of nitrogens with two attached hydrogens (primary N) is 2. The number of rotatable bonds is 10. The second kappa shape index (κ2) is 12.2. The number of nitrogens with zero attached hydrogens (tertiary/aromatic N) is 4. The van der Waals surface area contributed by atoms with Crippen LogP contribution in [-0.4, -0.2) is 59.3 Å². The van der Waals surface area contributed by atoms with Crippen LogP contribution in [0.25, 0.3) is 21.0 Å². The van der Waals surface area contributed by atoms with Crippen LogP contribution in [0, 0.1) is 23.0 Å². The number of aromatic nitrogens is 3. The average molecular weight is 711 g/mol. The number of hydrogen-bond donors (Lipinski definition) is 4. The van der Waals surface area contributed by atoms with Gasteiger partial charge < -0.3 is 35.4 Å². The number of nitriles is 1. The van der Waals surface area contributed by atoms with Crippen LogP contribution in [0.15, 0.2) is 50.8 Å². The highest BCUT2D eigenvalue weighted by molar-refractivity contribution is 7.98. The van der Waals surface area contributed by atoms with Crippen molar-refractivity contribution in [3.05, 3.63) is 63.0 Å². The number of aliphatic hydroxyl groups is 1. The number of ether oxygens (including phenoxy) is 1. The molecule has 2 saturated carbocycles. The summed E-state index contributed by atoms with van der Waals surface area (Å²) in [7, 11) is 0. The van der Waals surface area contributed by atoms with Gasteiger partial charge in [0.1, 0.15) is 22.7 Å². The summed E-state index contributed by atoms with van der Waals surface area (Å²) in [5.41, 5.74) is 9.94. The summed E-state index contributed by atoms with van der Waals surface area (Å²) in [5, 5.41) is 30.9. The van der Waals surface area contributed by atoms with Crippen molar-refractivity contribution in [2.75, 3.05) is 6.26 Å². The first-order chi connectivity index (χ1) is 22.6. The zero-order valence-corrected chi connectivity index (χ0v) is 29.5. The lowest BCUT2D eigenvalue weighted by molar-refractivity contribution is -0.145. The zero-order chi connectivity index (χ0) is 34.8. The third-order valence-electron chi connectivity index (χ3n) is 9.98. The van der Waals surface area contributed by atoms with Crippen LogP contribution >= 0.6 is 35.3 Å². The highest BCUT2D eigenvalue weighted by Gasteiger charge is 2.64. The standard InChI is InChI=1S/C33H38N6O6S3/c1-18-23-26(40)39(30(2,3)28(41)42)29(46)38(27(23)48-24(18)25-37-11-12-44-25)15-21(20-7-5-6-8-22(20)47-4)45-19-13-32(35)16-31(43,9-10-34)17-33(32,36)14-19/h5-8,11-12,19,21,43H,9,13-17,35-36H2,1-4H3,(H,41,42)/t19?,21?,31?,32-,33+. The summed E-state index contributed by atoms with van der Waals surface area (Å²) in [4.78, 5) is 33.1. The molecule has 3 unspecified atom stereocenters. The molecule has 0 saturated heterocycles. The third kappa shape index (κ3) is 5.53. The van der Waals surface area contributed by atoms with Gasteiger partial charge in [0.05, 0.1) is 47.2 Å². The number of thiophene rings is 1. The van der Waals surface area contributed by atoms with Crippen molar-refractivity contribution in [3.63, 3.8) is 0 Å². The minimum absolute atomic E-state index is 0.0331. The molecule has 1 aromatic carbocycles. The number of aliphatic carboxylic acids is 1. The van der Waals surface area contributed by atoms with E-state index in [0.29, 0.717) is 39.4 Å². The summed E-state index contributed by atoms with van der Waals surface area (Å²) < 4.78 is 15.5. The van der Waals surface area contributed by atoms with Gasteiger partial charge in [0, 0.05) is 16.0 Å². The fourth-order valence-corrected chi connectivity index (χ4v) is 10.0. The van der Waals surface area contributed by atoms with Crippen molar-refractivity contribution < 1.29 is 24.2 Å². The summed E-state index contributed by atoms with van der Waals surface area (Å²) in [6.07, 6.45) is 4.99. The monoisotopic (exact) mass is 710 g/mol. The van der Waals surface area contributed by atoms with E-state index in [9.17, 15) is 25.1 Å². The van der Waals surface area contributed by atoms with E-state index in [1.807, 2.05) is 30.5 Å². The first-order valence-electron chi connectivity index (χ1n) is 15.5. The molecule has 3 heterocycles. The van der Waals surface area contributed by atoms with Crippen molar-refractivity contribution in [3.8, 4) is 16.8 Å². The quantitative estimate of drug-likeness (QED) is 0.129. The molecule has 15 heteroatoms. The molecule has 2 aliphatic rings. The van der Waals surface area contributed by atoms with E-state index in [-0.39, 0.29) is 30.6 Å². The van der Waals surface area contributed by atoms with Crippen LogP contribution in [0.4, 0.5) is 0 Å². The largest absolute Gasteiger partial charge is 0.480 e. The van der Waals surface area contributed by atoms with Crippen LogP contribution in [-0.2, 0) is 21.6 Å². The van der Waals surface area contributed by atoms with E-state index in [2.05, 4.69) is 11.1 Å². The lowest BCUT2D eigenvalue weighted by Gasteiger charge is -2.32. The third-order valence-corrected chi connectivity index (χ3v) is 12.5. The molecule has 2 aliphatic carbocycles. The molecular formula is C33H38N6O6S3. The first kappa shape index (κ1) is 34.5. The smallest absolute Gasteiger partial charge is 0.329 e. The Morgan fingerprint density at radius 1 is 1.31 bits per heavy atom. The molecule has 48 heavy (non-hydrogen) atoms. The Bertz CT molecular complexity index is 2040. The lowest BCUT2D eigenvalue weighted by Crippen LogP contribution is -2.58. The minimum Gasteiger partial charge on any atom is -0.480 e. The number of hydrogen-bond acceptors (Lipinski definition) is 12. The molecule has 0 spiro atoms. The molecule has 4 aromatic rings. The number of carboxylic acids is 1. The Balaban J connectivity index is 1.50. The van der Waals surface area contributed by atoms with Crippen LogP contribution in [0.5, 0.6) is 0 Å². The van der Waals surface area contributed by atoms with Crippen LogP contribution in [0.2, 0.25) is 0 Å². The van der Waals surface area contributed by atoms with Gasteiger partial charge in [-0.3, -0.25) is 9.36 Å². The Kier molecular flexibility index (Phi) is 8.77. The van der Waals surface area contributed by atoms with Crippen LogP contribution in [0.3, 0.4) is 0 Å². The summed E-state index contributed by atoms with van der Waals surface area (Å²) in [5.74, 6) is -0.872. The van der Waals surface area contributed by atoms with E-state index in [1.165, 1.54) is 37.6 Å². The van der Waals surface area contributed by atoms with Gasteiger partial charge in [-0.1, -0.05) is 18.2 Å². The van der Waals surface area contributed by atoms with Gasteiger partial charge in [-0.2, -0.15) is 5.26 Å². The van der Waals surface area contributed by atoms with Crippen molar-refractivity contribution in [1.29, 1.82) is 5.26 Å². The van der Waals surface area contributed by atoms with E-state index in [1.54, 1.807) is 23.3 Å². The Morgan fingerprint density at radius 3 is 2.56 bits per heavy atom. The average Bonchev–Trinajstić information content (AvgIpc) is 3.74. The van der Waals surface area contributed by atoms with Crippen molar-refractivity contribution in [2.24, 2.45) is 11.5 Å². The molecule has 6 rings (SSSR count). The van der Waals surface area contributed by atoms with E-state index < -0.39 is 46.0 Å². The van der Waals surface area contributed by atoms with Crippen molar-refractivity contribution in [1.82, 2.24) is 14.1 Å². The van der Waals surface area contributed by atoms with Gasteiger partial charge in [0.25, 0.3) is 5.56 Å². The van der Waals surface area contributed by atoms with E-state index in [4.69, 9.17) is 32.8 Å². The normalized spacial score (nSPS) is 26.1. The highest BCUT2D eigenvalue weighted by Crippen LogP contribution is 2.54. The number of benzene rings is 1. The van der Waals surface area contributed by atoms with Gasteiger partial charge in [0.2, 0.25) is 5.89 Å². The highest BCUT2D eigenvalue weighted by atomic mass is 32.2. The molecule has 6 N–H and O–H groups in total. The van der Waals surface area contributed by atoms with Gasteiger partial charge in [-0.15, -0.1) is 23.1 Å². The fraction of sp³-hybridized carbons (Fsp3) is 0.485. The topological polar surface area (TPSA) is 196 Å². The van der Waals surface area contributed by atoms with Gasteiger partial charge in [-0.05, 0) is 82.1 Å². The molecular weight excluding hydrogens is 673 g/mol. The van der Waals surface area contributed by atoms with Crippen LogP contribution in [0.1, 0.15) is 63.2 Å². The first-order valence-corrected chi connectivity index (χ1v) is 17.9. The summed E-state index contributed by atoms with van der Waals surface area (Å²) in [6.45, 7) is 4.82. The molecule has 5 atom stereocenters. The summed E-state index contributed by atoms with van der Waals surface area (Å²) >= 11 is 8.82. The second-order valence-electron chi connectivity index (χ2n) is 13.6. The predicted octanol–water partition coefficient (Wildman–Crippen LogP) is 4.85. The lowest BCUT2D eigenvalue weighted by atomic mass is 9.85. The summed E-state index contributed by atoms with van der Waals surface area (Å²) in [6, 6.07) is 9.90.